The lowest BCUT2D eigenvalue weighted by Gasteiger charge is -2.17. The maximum Gasteiger partial charge on any atom is 0.353 e. The second-order valence-corrected chi connectivity index (χ2v) is 14.6. The summed E-state index contributed by atoms with van der Waals surface area (Å²) in [4.78, 5) is 22.4. The van der Waals surface area contributed by atoms with Crippen LogP contribution in [0.4, 0.5) is 5.82 Å². The van der Waals surface area contributed by atoms with Gasteiger partial charge in [-0.3, -0.25) is 4.57 Å². The monoisotopic (exact) mass is 603 g/mol. The van der Waals surface area contributed by atoms with Gasteiger partial charge in [-0.1, -0.05) is 112 Å². The summed E-state index contributed by atoms with van der Waals surface area (Å²) >= 11 is 0. The van der Waals surface area contributed by atoms with Gasteiger partial charge in [-0.15, -0.1) is 0 Å². The Balaban J connectivity index is 1.38. The van der Waals surface area contributed by atoms with E-state index in [1.807, 2.05) is 17.7 Å². The molecule has 2 heterocycles. The SMILES string of the molecule is CCCCCCCCCCCCCCCCSSCCOP(=O)(O)COC(C)Cn1cnc2c(N)ncnc21. The van der Waals surface area contributed by atoms with E-state index in [-0.39, 0.29) is 19.1 Å². The van der Waals surface area contributed by atoms with Gasteiger partial charge in [-0.25, -0.2) is 15.0 Å². The molecule has 3 N–H and O–H groups in total. The van der Waals surface area contributed by atoms with Crippen LogP contribution in [0.2, 0.25) is 0 Å². The summed E-state index contributed by atoms with van der Waals surface area (Å²) in [7, 11) is -0.289. The smallest absolute Gasteiger partial charge is 0.353 e. The van der Waals surface area contributed by atoms with E-state index in [1.54, 1.807) is 21.7 Å². The molecule has 0 radical (unpaired) electrons. The molecule has 0 saturated carbocycles. The molecule has 0 saturated heterocycles. The van der Waals surface area contributed by atoms with E-state index in [4.69, 9.17) is 15.0 Å². The molecule has 2 unspecified atom stereocenters. The number of hydrogen-bond acceptors (Lipinski definition) is 9. The largest absolute Gasteiger partial charge is 0.382 e. The van der Waals surface area contributed by atoms with Crippen molar-refractivity contribution < 1.29 is 18.7 Å². The standard InChI is InChI=1S/C27H50N5O4PS2/c1-3-4-5-6-7-8-9-10-11-12-13-14-15-16-18-38-39-19-17-36-37(33,34)23-35-24(2)20-32-22-31-25-26(28)29-21-30-27(25)32/h21-22,24H,3-20,23H2,1-2H3,(H,33,34)(H2,28,29,30). The van der Waals surface area contributed by atoms with E-state index in [1.165, 1.54) is 96.2 Å². The molecule has 2 rings (SSSR count). The number of nitrogen functional groups attached to an aromatic ring is 1. The average molecular weight is 604 g/mol. The molecule has 0 aromatic carbocycles. The first-order valence-electron chi connectivity index (χ1n) is 14.7. The number of imidazole rings is 1. The van der Waals surface area contributed by atoms with Crippen LogP contribution < -0.4 is 5.73 Å². The normalized spacial score (nSPS) is 14.1. The number of nitrogens with two attached hydrogens (primary N) is 1. The van der Waals surface area contributed by atoms with Crippen molar-refractivity contribution in [2.24, 2.45) is 0 Å². The Kier molecular flexibility index (Phi) is 18.5. The van der Waals surface area contributed by atoms with Crippen LogP contribution in [0.15, 0.2) is 12.7 Å². The lowest BCUT2D eigenvalue weighted by atomic mass is 10.0. The Morgan fingerprint density at radius 3 is 2.15 bits per heavy atom. The summed E-state index contributed by atoms with van der Waals surface area (Å²) in [5.41, 5.74) is 6.94. The minimum atomic E-state index is -3.80. The summed E-state index contributed by atoms with van der Waals surface area (Å²) in [6.45, 7) is 4.74. The van der Waals surface area contributed by atoms with Gasteiger partial charge >= 0.3 is 7.60 Å². The maximum atomic E-state index is 12.3. The third-order valence-corrected chi connectivity index (χ3v) is 10.0. The summed E-state index contributed by atoms with van der Waals surface area (Å²) in [6.07, 6.45) is 21.5. The predicted molar refractivity (Wildman–Crippen MR) is 166 cm³/mol. The fourth-order valence-electron chi connectivity index (χ4n) is 4.31. The molecule has 0 aliphatic rings. The van der Waals surface area contributed by atoms with Crippen LogP contribution in [0.5, 0.6) is 0 Å². The first-order valence-corrected chi connectivity index (χ1v) is 18.9. The van der Waals surface area contributed by atoms with Crippen LogP contribution in [0, 0.1) is 0 Å². The third kappa shape index (κ3) is 15.7. The van der Waals surface area contributed by atoms with Gasteiger partial charge in [0.15, 0.2) is 11.5 Å². The second kappa shape index (κ2) is 20.9. The van der Waals surface area contributed by atoms with E-state index in [0.717, 1.165) is 5.75 Å². The Morgan fingerprint density at radius 1 is 0.923 bits per heavy atom. The molecule has 2 atom stereocenters. The van der Waals surface area contributed by atoms with Gasteiger partial charge in [0.2, 0.25) is 0 Å². The van der Waals surface area contributed by atoms with Gasteiger partial charge in [0, 0.05) is 11.5 Å². The summed E-state index contributed by atoms with van der Waals surface area (Å²) in [6, 6.07) is 0. The molecule has 9 nitrogen and oxygen atoms in total. The Labute approximate surface area is 243 Å². The van der Waals surface area contributed by atoms with Crippen molar-refractivity contribution >= 4 is 46.2 Å². The van der Waals surface area contributed by atoms with Crippen LogP contribution >= 0.6 is 29.2 Å². The molecule has 0 amide bonds. The van der Waals surface area contributed by atoms with Gasteiger partial charge < -0.3 is 24.5 Å². The quantitative estimate of drug-likeness (QED) is 0.0658. The number of rotatable bonds is 25. The van der Waals surface area contributed by atoms with E-state index in [0.29, 0.717) is 29.3 Å². The molecule has 0 spiro atoms. The number of ether oxygens (including phenoxy) is 1. The van der Waals surface area contributed by atoms with Crippen molar-refractivity contribution in [1.82, 2.24) is 19.5 Å². The summed E-state index contributed by atoms with van der Waals surface area (Å²) in [5, 5.41) is 0. The number of anilines is 1. The summed E-state index contributed by atoms with van der Waals surface area (Å²) < 4.78 is 24.9. The van der Waals surface area contributed by atoms with Crippen molar-refractivity contribution in [2.45, 2.75) is 116 Å². The average Bonchev–Trinajstić information content (AvgIpc) is 3.32. The van der Waals surface area contributed by atoms with Gasteiger partial charge in [0.05, 0.1) is 25.6 Å². The molecule has 2 aromatic heterocycles. The maximum absolute atomic E-state index is 12.3. The minimum Gasteiger partial charge on any atom is -0.382 e. The Morgan fingerprint density at radius 2 is 1.51 bits per heavy atom. The molecule has 0 bridgehead atoms. The van der Waals surface area contributed by atoms with Crippen molar-refractivity contribution in [3.63, 3.8) is 0 Å². The van der Waals surface area contributed by atoms with Gasteiger partial charge in [0.1, 0.15) is 18.2 Å². The van der Waals surface area contributed by atoms with Crippen LogP contribution in [-0.2, 0) is 20.4 Å². The van der Waals surface area contributed by atoms with Crippen LogP contribution in [0.3, 0.4) is 0 Å². The highest BCUT2D eigenvalue weighted by Gasteiger charge is 2.21. The molecule has 0 fully saturated rings. The highest BCUT2D eigenvalue weighted by molar-refractivity contribution is 8.76. The Hall–Kier alpha value is -0.840. The van der Waals surface area contributed by atoms with E-state index in [2.05, 4.69) is 21.9 Å². The van der Waals surface area contributed by atoms with Crippen molar-refractivity contribution in [3.05, 3.63) is 12.7 Å². The number of fused-ring (bicyclic) bond motifs is 1. The summed E-state index contributed by atoms with van der Waals surface area (Å²) in [5.74, 6) is 2.10. The molecule has 39 heavy (non-hydrogen) atoms. The van der Waals surface area contributed by atoms with Crippen molar-refractivity contribution in [3.8, 4) is 0 Å². The number of nitrogens with zero attached hydrogens (tertiary/aromatic N) is 4. The first kappa shape index (κ1) is 34.4. The lowest BCUT2D eigenvalue weighted by Crippen LogP contribution is -2.17. The van der Waals surface area contributed by atoms with E-state index >= 15 is 0 Å². The van der Waals surface area contributed by atoms with Crippen molar-refractivity contribution in [1.29, 1.82) is 0 Å². The minimum absolute atomic E-state index is 0.226. The highest BCUT2D eigenvalue weighted by atomic mass is 33.1. The zero-order valence-electron chi connectivity index (χ0n) is 24.0. The fraction of sp³-hybridized carbons (Fsp3) is 0.815. The van der Waals surface area contributed by atoms with Crippen molar-refractivity contribution in [2.75, 3.05) is 30.2 Å². The second-order valence-electron chi connectivity index (χ2n) is 10.1. The lowest BCUT2D eigenvalue weighted by molar-refractivity contribution is 0.0724. The first-order chi connectivity index (χ1) is 18.9. The van der Waals surface area contributed by atoms with Crippen LogP contribution in [-0.4, -0.2) is 55.0 Å². The van der Waals surface area contributed by atoms with Gasteiger partial charge in [-0.05, 0) is 13.3 Å². The van der Waals surface area contributed by atoms with E-state index < -0.39 is 7.60 Å². The molecule has 2 aromatic rings. The molecule has 224 valence electrons. The number of hydrogen-bond donors (Lipinski definition) is 2. The Bertz CT molecular complexity index is 952. The molecule has 0 aliphatic heterocycles. The zero-order chi connectivity index (χ0) is 28.2. The third-order valence-electron chi connectivity index (χ3n) is 6.53. The molecule has 12 heteroatoms. The fourth-order valence-corrected chi connectivity index (χ4v) is 7.30. The van der Waals surface area contributed by atoms with Crippen LogP contribution in [0.1, 0.15) is 104 Å². The molecular formula is C27H50N5O4PS2. The zero-order valence-corrected chi connectivity index (χ0v) is 26.5. The van der Waals surface area contributed by atoms with E-state index in [9.17, 15) is 9.46 Å². The topological polar surface area (TPSA) is 125 Å². The highest BCUT2D eigenvalue weighted by Crippen LogP contribution is 2.42. The van der Waals surface area contributed by atoms with Gasteiger partial charge in [-0.2, -0.15) is 0 Å². The molecule has 0 aliphatic carbocycles. The predicted octanol–water partition coefficient (Wildman–Crippen LogP) is 7.84. The number of aromatic nitrogens is 4. The van der Waals surface area contributed by atoms with Crippen LogP contribution in [0.25, 0.3) is 11.2 Å². The van der Waals surface area contributed by atoms with Gasteiger partial charge in [0.25, 0.3) is 0 Å². The molecular weight excluding hydrogens is 553 g/mol. The number of unbranched alkanes of at least 4 members (excludes halogenated alkanes) is 13.